The van der Waals surface area contributed by atoms with Crippen LogP contribution in [0.4, 0.5) is 4.79 Å². The van der Waals surface area contributed by atoms with Crippen LogP contribution in [-0.4, -0.2) is 40.5 Å². The fourth-order valence-corrected chi connectivity index (χ4v) is 3.57. The van der Waals surface area contributed by atoms with Crippen LogP contribution in [0.1, 0.15) is 30.2 Å². The molecule has 27 heavy (non-hydrogen) atoms. The fourth-order valence-electron chi connectivity index (χ4n) is 3.57. The van der Waals surface area contributed by atoms with Crippen molar-refractivity contribution in [2.24, 2.45) is 0 Å². The van der Waals surface area contributed by atoms with Crippen molar-refractivity contribution in [3.05, 3.63) is 58.4 Å². The summed E-state index contributed by atoms with van der Waals surface area (Å²) < 4.78 is 5.57. The highest BCUT2D eigenvalue weighted by Crippen LogP contribution is 2.24. The number of imidazole rings is 1. The van der Waals surface area contributed by atoms with Gasteiger partial charge in [-0.3, -0.25) is 4.90 Å². The number of nitrogens with one attached hydrogen (secondary N) is 4. The Labute approximate surface area is 155 Å². The summed E-state index contributed by atoms with van der Waals surface area (Å²) in [6.45, 7) is 2.90. The Morgan fingerprint density at radius 2 is 1.96 bits per heavy atom. The number of H-pyrrole nitrogens is 2. The average molecular weight is 369 g/mol. The van der Waals surface area contributed by atoms with Gasteiger partial charge in [-0.15, -0.1) is 0 Å². The van der Waals surface area contributed by atoms with E-state index in [4.69, 9.17) is 4.42 Å². The van der Waals surface area contributed by atoms with Crippen LogP contribution in [0.5, 0.6) is 0 Å². The van der Waals surface area contributed by atoms with Gasteiger partial charge in [0.15, 0.2) is 0 Å². The number of fused-ring (bicyclic) bond motifs is 1. The maximum atomic E-state index is 12.2. The molecule has 2 aromatic heterocycles. The predicted octanol–water partition coefficient (Wildman–Crippen LogP) is 2.09. The molecule has 1 atom stereocenters. The maximum absolute atomic E-state index is 12.2. The zero-order valence-electron chi connectivity index (χ0n) is 15.0. The van der Waals surface area contributed by atoms with Crippen LogP contribution < -0.4 is 16.3 Å². The van der Waals surface area contributed by atoms with Crippen molar-refractivity contribution in [1.29, 1.82) is 0 Å². The first-order chi connectivity index (χ1) is 13.2. The minimum atomic E-state index is -0.237. The summed E-state index contributed by atoms with van der Waals surface area (Å²) in [6.07, 6.45) is 4.01. The lowest BCUT2D eigenvalue weighted by atomic mass is 10.2. The molecule has 1 aromatic carbocycles. The Kier molecular flexibility index (Phi) is 4.97. The number of benzene rings is 1. The molecule has 1 fully saturated rings. The Morgan fingerprint density at radius 1 is 1.15 bits per heavy atom. The number of nitrogens with zero attached hydrogens (tertiary/aromatic N) is 1. The molecule has 0 radical (unpaired) electrons. The van der Waals surface area contributed by atoms with Gasteiger partial charge in [-0.2, -0.15) is 0 Å². The van der Waals surface area contributed by atoms with Crippen molar-refractivity contribution in [2.75, 3.05) is 19.6 Å². The standard InChI is InChI=1S/C19H23N5O3/c25-18(20-11-13-5-6-14-15(10-13)23-19(26)22-14)21-12-16(17-4-3-9-27-17)24-7-1-2-8-24/h3-6,9-10,16H,1-2,7-8,11-12H2,(H2,20,21,25)(H2,22,23,26). The third-order valence-electron chi connectivity index (χ3n) is 4.94. The smallest absolute Gasteiger partial charge is 0.323 e. The van der Waals surface area contributed by atoms with Crippen LogP contribution >= 0.6 is 0 Å². The van der Waals surface area contributed by atoms with Crippen LogP contribution in [0.2, 0.25) is 0 Å². The molecule has 4 N–H and O–H groups in total. The fraction of sp³-hybridized carbons (Fsp3) is 0.368. The summed E-state index contributed by atoms with van der Waals surface area (Å²) >= 11 is 0. The maximum Gasteiger partial charge on any atom is 0.323 e. The van der Waals surface area contributed by atoms with Crippen molar-refractivity contribution >= 4 is 17.1 Å². The molecule has 0 bridgehead atoms. The molecular formula is C19H23N5O3. The molecule has 8 nitrogen and oxygen atoms in total. The largest absolute Gasteiger partial charge is 0.468 e. The first kappa shape index (κ1) is 17.4. The van der Waals surface area contributed by atoms with Crippen molar-refractivity contribution < 1.29 is 9.21 Å². The van der Waals surface area contributed by atoms with Gasteiger partial charge in [-0.1, -0.05) is 6.07 Å². The molecular weight excluding hydrogens is 346 g/mol. The molecule has 0 saturated carbocycles. The lowest BCUT2D eigenvalue weighted by Gasteiger charge is -2.26. The Bertz CT molecular complexity index is 953. The van der Waals surface area contributed by atoms with Gasteiger partial charge in [0, 0.05) is 13.1 Å². The van der Waals surface area contributed by atoms with E-state index in [1.54, 1.807) is 6.26 Å². The molecule has 1 aliphatic rings. The van der Waals surface area contributed by atoms with Crippen LogP contribution in [0.25, 0.3) is 11.0 Å². The van der Waals surface area contributed by atoms with Gasteiger partial charge >= 0.3 is 11.7 Å². The van der Waals surface area contributed by atoms with E-state index in [-0.39, 0.29) is 17.8 Å². The molecule has 3 heterocycles. The zero-order valence-corrected chi connectivity index (χ0v) is 15.0. The average Bonchev–Trinajstić information content (AvgIpc) is 3.41. The van der Waals surface area contributed by atoms with Crippen LogP contribution in [0, 0.1) is 0 Å². The second kappa shape index (κ2) is 7.71. The number of aromatic nitrogens is 2. The summed E-state index contributed by atoms with van der Waals surface area (Å²) in [4.78, 5) is 31.3. The number of aromatic amines is 2. The van der Waals surface area contributed by atoms with Gasteiger partial charge < -0.3 is 25.0 Å². The first-order valence-corrected chi connectivity index (χ1v) is 9.19. The van der Waals surface area contributed by atoms with Gasteiger partial charge in [0.1, 0.15) is 5.76 Å². The second-order valence-corrected chi connectivity index (χ2v) is 6.80. The summed E-state index contributed by atoms with van der Waals surface area (Å²) in [5.41, 5.74) is 2.15. The zero-order chi connectivity index (χ0) is 18.6. The normalized spacial score (nSPS) is 15.9. The minimum absolute atomic E-state index is 0.0505. The summed E-state index contributed by atoms with van der Waals surface area (Å²) in [5, 5.41) is 5.80. The van der Waals surface area contributed by atoms with Gasteiger partial charge in [0.05, 0.1) is 23.3 Å². The van der Waals surface area contributed by atoms with Crippen LogP contribution in [-0.2, 0) is 6.54 Å². The third-order valence-corrected chi connectivity index (χ3v) is 4.94. The quantitative estimate of drug-likeness (QED) is 0.534. The summed E-state index contributed by atoms with van der Waals surface area (Å²) in [5.74, 6) is 0.874. The van der Waals surface area contributed by atoms with Gasteiger partial charge in [-0.25, -0.2) is 9.59 Å². The molecule has 0 spiro atoms. The van der Waals surface area contributed by atoms with Crippen molar-refractivity contribution in [3.8, 4) is 0 Å². The van der Waals surface area contributed by atoms with Gasteiger partial charge in [0.25, 0.3) is 0 Å². The van der Waals surface area contributed by atoms with Gasteiger partial charge in [-0.05, 0) is 55.8 Å². The Balaban J connectivity index is 1.33. The second-order valence-electron chi connectivity index (χ2n) is 6.80. The molecule has 142 valence electrons. The first-order valence-electron chi connectivity index (χ1n) is 9.19. The van der Waals surface area contributed by atoms with Crippen molar-refractivity contribution in [3.63, 3.8) is 0 Å². The number of rotatable bonds is 6. The molecule has 1 aliphatic heterocycles. The highest BCUT2D eigenvalue weighted by atomic mass is 16.3. The van der Waals surface area contributed by atoms with Gasteiger partial charge in [0.2, 0.25) is 0 Å². The molecule has 1 unspecified atom stereocenters. The van der Waals surface area contributed by atoms with E-state index in [0.717, 1.165) is 35.4 Å². The van der Waals surface area contributed by atoms with E-state index in [1.165, 1.54) is 12.8 Å². The van der Waals surface area contributed by atoms with Crippen LogP contribution in [0.3, 0.4) is 0 Å². The number of carbonyl (C=O) groups excluding carboxylic acids is 1. The molecule has 2 amide bonds. The Hall–Kier alpha value is -3.00. The van der Waals surface area contributed by atoms with E-state index >= 15 is 0 Å². The number of furan rings is 1. The topological polar surface area (TPSA) is 106 Å². The predicted molar refractivity (Wildman–Crippen MR) is 101 cm³/mol. The van der Waals surface area contributed by atoms with Crippen molar-refractivity contribution in [1.82, 2.24) is 25.5 Å². The number of carbonyl (C=O) groups is 1. The molecule has 8 heteroatoms. The highest BCUT2D eigenvalue weighted by Gasteiger charge is 2.25. The molecule has 4 rings (SSSR count). The van der Waals surface area contributed by atoms with E-state index in [2.05, 4.69) is 25.5 Å². The number of hydrogen-bond donors (Lipinski definition) is 4. The molecule has 3 aromatic rings. The number of likely N-dealkylation sites (tertiary alicyclic amines) is 1. The number of urea groups is 1. The summed E-state index contributed by atoms with van der Waals surface area (Å²) in [6, 6.07) is 9.20. The third kappa shape index (κ3) is 4.06. The van der Waals surface area contributed by atoms with E-state index in [0.29, 0.717) is 13.1 Å². The minimum Gasteiger partial charge on any atom is -0.468 e. The number of amides is 2. The van der Waals surface area contributed by atoms with Crippen LogP contribution in [0.15, 0.2) is 45.8 Å². The van der Waals surface area contributed by atoms with Crippen molar-refractivity contribution in [2.45, 2.75) is 25.4 Å². The monoisotopic (exact) mass is 369 g/mol. The highest BCUT2D eigenvalue weighted by molar-refractivity contribution is 5.76. The molecule has 0 aliphatic carbocycles. The van der Waals surface area contributed by atoms with E-state index in [9.17, 15) is 9.59 Å². The number of hydrogen-bond acceptors (Lipinski definition) is 4. The Morgan fingerprint density at radius 3 is 2.74 bits per heavy atom. The van der Waals surface area contributed by atoms with E-state index < -0.39 is 0 Å². The summed E-state index contributed by atoms with van der Waals surface area (Å²) in [7, 11) is 0. The lowest BCUT2D eigenvalue weighted by Crippen LogP contribution is -2.41. The lowest BCUT2D eigenvalue weighted by molar-refractivity contribution is 0.203. The SMILES string of the molecule is O=C(NCc1ccc2[nH]c(=O)[nH]c2c1)NCC(c1ccco1)N1CCCC1. The molecule has 1 saturated heterocycles. The van der Waals surface area contributed by atoms with E-state index in [1.807, 2.05) is 30.3 Å².